The van der Waals surface area contributed by atoms with Gasteiger partial charge in [-0.15, -0.1) is 0 Å². The largest absolute Gasteiger partial charge is 0.494 e. The minimum absolute atomic E-state index is 0.0664. The zero-order chi connectivity index (χ0) is 15.9. The molecule has 0 radical (unpaired) electrons. The minimum Gasteiger partial charge on any atom is -0.494 e. The number of nitrogens with zero attached hydrogens (tertiary/aromatic N) is 2. The maximum absolute atomic E-state index is 12.1. The Kier molecular flexibility index (Phi) is 5.77. The first-order valence-corrected chi connectivity index (χ1v) is 8.02. The molecule has 0 saturated carbocycles. The monoisotopic (exact) mass is 320 g/mol. The topological polar surface area (TPSA) is 51.5 Å². The van der Waals surface area contributed by atoms with Crippen LogP contribution in [0.2, 0.25) is 0 Å². The van der Waals surface area contributed by atoms with Gasteiger partial charge in [0.1, 0.15) is 12.3 Å². The number of benzene rings is 1. The van der Waals surface area contributed by atoms with Crippen molar-refractivity contribution in [3.63, 3.8) is 0 Å². The van der Waals surface area contributed by atoms with Crippen LogP contribution in [-0.4, -0.2) is 35.6 Å². The highest BCUT2D eigenvalue weighted by molar-refractivity contribution is 7.07. The third kappa shape index (κ3) is 4.46. The van der Waals surface area contributed by atoms with E-state index in [1.54, 1.807) is 17.3 Å². The van der Waals surface area contributed by atoms with Gasteiger partial charge in [-0.2, -0.15) is 0 Å². The molecule has 0 saturated heterocycles. The molecule has 6 heteroatoms. The van der Waals surface area contributed by atoms with Crippen LogP contribution >= 0.6 is 11.3 Å². The Labute approximate surface area is 133 Å². The fourth-order valence-electron chi connectivity index (χ4n) is 1.99. The molecule has 0 aliphatic rings. The molecule has 22 heavy (non-hydrogen) atoms. The first-order chi connectivity index (χ1) is 10.6. The van der Waals surface area contributed by atoms with Gasteiger partial charge in [0.05, 0.1) is 6.61 Å². The zero-order valence-electron chi connectivity index (χ0n) is 12.8. The number of thiazole rings is 1. The molecule has 0 aliphatic carbocycles. The number of likely N-dealkylation sites (N-methyl/N-ethyl adjacent to an activating group) is 1. The Morgan fingerprint density at radius 1 is 1.32 bits per heavy atom. The summed E-state index contributed by atoms with van der Waals surface area (Å²) in [6.07, 6.45) is 0.745. The van der Waals surface area contributed by atoms with Gasteiger partial charge >= 0.3 is 4.87 Å². The van der Waals surface area contributed by atoms with Crippen molar-refractivity contribution in [3.05, 3.63) is 51.1 Å². The molecule has 1 amide bonds. The third-order valence-electron chi connectivity index (χ3n) is 3.35. The molecular weight excluding hydrogens is 300 g/mol. The van der Waals surface area contributed by atoms with E-state index in [4.69, 9.17) is 4.74 Å². The van der Waals surface area contributed by atoms with Crippen LogP contribution in [0.4, 0.5) is 0 Å². The van der Waals surface area contributed by atoms with E-state index in [1.165, 1.54) is 4.57 Å². The summed E-state index contributed by atoms with van der Waals surface area (Å²) in [6.45, 7) is 3.09. The third-order valence-corrected chi connectivity index (χ3v) is 4.23. The SMILES string of the molecule is Cc1csc(=O)n1CC(=O)N(C)CCCOc1ccccc1. The zero-order valence-corrected chi connectivity index (χ0v) is 13.6. The number of hydrogen-bond acceptors (Lipinski definition) is 4. The lowest BCUT2D eigenvalue weighted by atomic mass is 10.3. The van der Waals surface area contributed by atoms with Gasteiger partial charge < -0.3 is 9.64 Å². The Hall–Kier alpha value is -2.08. The average Bonchev–Trinajstić information content (AvgIpc) is 2.84. The second-order valence-corrected chi connectivity index (χ2v) is 5.88. The van der Waals surface area contributed by atoms with Gasteiger partial charge in [0.15, 0.2) is 0 Å². The molecule has 0 unspecified atom stereocenters. The maximum atomic E-state index is 12.1. The molecule has 5 nitrogen and oxygen atoms in total. The van der Waals surface area contributed by atoms with Crippen molar-refractivity contribution >= 4 is 17.2 Å². The first-order valence-electron chi connectivity index (χ1n) is 7.14. The van der Waals surface area contributed by atoms with Crippen LogP contribution in [0.5, 0.6) is 5.75 Å². The number of aromatic nitrogens is 1. The van der Waals surface area contributed by atoms with Gasteiger partial charge in [-0.05, 0) is 25.5 Å². The second-order valence-electron chi connectivity index (χ2n) is 5.06. The van der Waals surface area contributed by atoms with Crippen molar-refractivity contribution in [1.29, 1.82) is 0 Å². The molecule has 0 N–H and O–H groups in total. The lowest BCUT2D eigenvalue weighted by Crippen LogP contribution is -2.34. The van der Waals surface area contributed by atoms with Gasteiger partial charge in [-0.1, -0.05) is 29.5 Å². The highest BCUT2D eigenvalue weighted by Crippen LogP contribution is 2.08. The summed E-state index contributed by atoms with van der Waals surface area (Å²) >= 11 is 1.12. The van der Waals surface area contributed by atoms with Crippen LogP contribution in [0.25, 0.3) is 0 Å². The Morgan fingerprint density at radius 2 is 2.05 bits per heavy atom. The smallest absolute Gasteiger partial charge is 0.307 e. The number of carbonyl (C=O) groups is 1. The van der Waals surface area contributed by atoms with Crippen molar-refractivity contribution in [3.8, 4) is 5.75 Å². The number of ether oxygens (including phenoxy) is 1. The van der Waals surface area contributed by atoms with Crippen molar-refractivity contribution in [2.24, 2.45) is 0 Å². The van der Waals surface area contributed by atoms with E-state index in [-0.39, 0.29) is 17.3 Å². The predicted molar refractivity (Wildman–Crippen MR) is 87.5 cm³/mol. The lowest BCUT2D eigenvalue weighted by molar-refractivity contribution is -0.130. The number of hydrogen-bond donors (Lipinski definition) is 0. The lowest BCUT2D eigenvalue weighted by Gasteiger charge is -2.17. The molecule has 1 aromatic heterocycles. The van der Waals surface area contributed by atoms with Crippen molar-refractivity contribution in [2.75, 3.05) is 20.2 Å². The average molecular weight is 320 g/mol. The number of aryl methyl sites for hydroxylation is 1. The molecular formula is C16H20N2O3S. The van der Waals surface area contributed by atoms with Gasteiger partial charge in [0, 0.05) is 24.7 Å². The summed E-state index contributed by atoms with van der Waals surface area (Å²) in [4.78, 5) is 25.3. The van der Waals surface area contributed by atoms with E-state index in [2.05, 4.69) is 0 Å². The van der Waals surface area contributed by atoms with E-state index in [9.17, 15) is 9.59 Å². The number of para-hydroxylation sites is 1. The second kappa shape index (κ2) is 7.79. The Bertz CT molecular complexity index is 664. The normalized spacial score (nSPS) is 10.5. The van der Waals surface area contributed by atoms with Gasteiger partial charge in [-0.25, -0.2) is 0 Å². The molecule has 1 heterocycles. The molecule has 0 atom stereocenters. The van der Waals surface area contributed by atoms with E-state index >= 15 is 0 Å². The standard InChI is InChI=1S/C16H20N2O3S/c1-13-12-22-16(20)18(13)11-15(19)17(2)9-6-10-21-14-7-4-3-5-8-14/h3-5,7-8,12H,6,9-11H2,1-2H3. The first kappa shape index (κ1) is 16.3. The van der Waals surface area contributed by atoms with Crippen LogP contribution in [0.3, 0.4) is 0 Å². The quantitative estimate of drug-likeness (QED) is 0.735. The molecule has 0 fully saturated rings. The van der Waals surface area contributed by atoms with Gasteiger partial charge in [-0.3, -0.25) is 14.2 Å². The molecule has 0 aliphatic heterocycles. The molecule has 118 valence electrons. The summed E-state index contributed by atoms with van der Waals surface area (Å²) in [6, 6.07) is 9.59. The fourth-order valence-corrected chi connectivity index (χ4v) is 2.72. The fraction of sp³-hybridized carbons (Fsp3) is 0.375. The predicted octanol–water partition coefficient (Wildman–Crippen LogP) is 2.15. The number of rotatable bonds is 7. The summed E-state index contributed by atoms with van der Waals surface area (Å²) in [5.74, 6) is 0.764. The number of amides is 1. The summed E-state index contributed by atoms with van der Waals surface area (Å²) in [5.41, 5.74) is 0.823. The van der Waals surface area contributed by atoms with Crippen LogP contribution in [0.1, 0.15) is 12.1 Å². The van der Waals surface area contributed by atoms with Crippen LogP contribution < -0.4 is 9.61 Å². The molecule has 2 rings (SSSR count). The molecule has 2 aromatic rings. The van der Waals surface area contributed by atoms with Crippen LogP contribution in [0, 0.1) is 6.92 Å². The Morgan fingerprint density at radius 3 is 2.68 bits per heavy atom. The van der Waals surface area contributed by atoms with E-state index in [0.717, 1.165) is 29.2 Å². The molecule has 0 spiro atoms. The van der Waals surface area contributed by atoms with Crippen molar-refractivity contribution in [2.45, 2.75) is 19.9 Å². The molecule has 1 aromatic carbocycles. The van der Waals surface area contributed by atoms with E-state index in [1.807, 2.05) is 37.3 Å². The van der Waals surface area contributed by atoms with Crippen molar-refractivity contribution in [1.82, 2.24) is 9.47 Å². The summed E-state index contributed by atoms with van der Waals surface area (Å²) < 4.78 is 7.09. The highest BCUT2D eigenvalue weighted by atomic mass is 32.1. The number of carbonyl (C=O) groups excluding carboxylic acids is 1. The van der Waals surface area contributed by atoms with Gasteiger partial charge in [0.25, 0.3) is 0 Å². The maximum Gasteiger partial charge on any atom is 0.307 e. The van der Waals surface area contributed by atoms with E-state index < -0.39 is 0 Å². The van der Waals surface area contributed by atoms with Gasteiger partial charge in [0.2, 0.25) is 5.91 Å². The van der Waals surface area contributed by atoms with E-state index in [0.29, 0.717) is 13.2 Å². The summed E-state index contributed by atoms with van der Waals surface area (Å²) in [7, 11) is 1.75. The van der Waals surface area contributed by atoms with Crippen LogP contribution in [0.15, 0.2) is 40.5 Å². The Balaban J connectivity index is 1.74. The van der Waals surface area contributed by atoms with Crippen molar-refractivity contribution < 1.29 is 9.53 Å². The molecule has 0 bridgehead atoms. The minimum atomic E-state index is -0.0911. The highest BCUT2D eigenvalue weighted by Gasteiger charge is 2.12. The summed E-state index contributed by atoms with van der Waals surface area (Å²) in [5, 5.41) is 1.77. The van der Waals surface area contributed by atoms with Crippen LogP contribution in [-0.2, 0) is 11.3 Å².